The van der Waals surface area contributed by atoms with E-state index in [0.29, 0.717) is 0 Å². The Kier molecular flexibility index (Phi) is 1.96. The van der Waals surface area contributed by atoms with Gasteiger partial charge in [-0.15, -0.1) is 0 Å². The first-order valence-corrected chi connectivity index (χ1v) is 2.83. The van der Waals surface area contributed by atoms with Crippen LogP contribution in [0.1, 0.15) is 12.5 Å². The Balaban J connectivity index is 2.85. The van der Waals surface area contributed by atoms with E-state index in [1.54, 1.807) is 12.4 Å². The summed E-state index contributed by atoms with van der Waals surface area (Å²) in [6, 6.07) is 1.91. The van der Waals surface area contributed by atoms with E-state index in [1.165, 1.54) is 0 Å². The molecule has 0 unspecified atom stereocenters. The normalized spacial score (nSPS) is 10.3. The second kappa shape index (κ2) is 2.97. The highest BCUT2D eigenvalue weighted by molar-refractivity contribution is 5.46. The van der Waals surface area contributed by atoms with Gasteiger partial charge in [-0.1, -0.05) is 12.2 Å². The molecule has 9 heavy (non-hydrogen) atoms. The third-order valence-corrected chi connectivity index (χ3v) is 0.966. The van der Waals surface area contributed by atoms with E-state index >= 15 is 0 Å². The number of hydrogen-bond acceptors (Lipinski definition) is 2. The Labute approximate surface area is 54.2 Å². The Hall–Kier alpha value is -1.18. The lowest BCUT2D eigenvalue weighted by atomic mass is 10.3. The van der Waals surface area contributed by atoms with Crippen molar-refractivity contribution >= 4 is 6.08 Å². The summed E-state index contributed by atoms with van der Waals surface area (Å²) >= 11 is 0. The lowest BCUT2D eigenvalue weighted by Crippen LogP contribution is -1.77. The largest absolute Gasteiger partial charge is 0.159 e. The van der Waals surface area contributed by atoms with E-state index in [4.69, 9.17) is 0 Å². The average molecular weight is 120 g/mol. The molecule has 0 saturated heterocycles. The molecule has 0 N–H and O–H groups in total. The van der Waals surface area contributed by atoms with Crippen molar-refractivity contribution in [1.29, 1.82) is 0 Å². The zero-order valence-electron chi connectivity index (χ0n) is 5.28. The molecule has 0 amide bonds. The summed E-state index contributed by atoms with van der Waals surface area (Å²) < 4.78 is 0. The summed E-state index contributed by atoms with van der Waals surface area (Å²) in [5.41, 5.74) is 1.09. The summed E-state index contributed by atoms with van der Waals surface area (Å²) in [5.74, 6) is 0. The van der Waals surface area contributed by atoms with Crippen molar-refractivity contribution < 1.29 is 0 Å². The molecule has 1 rings (SSSR count). The second-order valence-corrected chi connectivity index (χ2v) is 1.68. The Morgan fingerprint density at radius 2 is 2.33 bits per heavy atom. The summed E-state index contributed by atoms with van der Waals surface area (Å²) in [6.45, 7) is 1.97. The molecule has 0 radical (unpaired) electrons. The van der Waals surface area contributed by atoms with Crippen LogP contribution in [-0.2, 0) is 0 Å². The molecular weight excluding hydrogens is 112 g/mol. The third kappa shape index (κ3) is 1.64. The van der Waals surface area contributed by atoms with Gasteiger partial charge in [0.05, 0.1) is 12.4 Å². The van der Waals surface area contributed by atoms with Crippen LogP contribution in [0.15, 0.2) is 24.5 Å². The van der Waals surface area contributed by atoms with Gasteiger partial charge in [0.2, 0.25) is 0 Å². The van der Waals surface area contributed by atoms with E-state index in [1.807, 2.05) is 25.1 Å². The molecular formula is C7H8N2. The van der Waals surface area contributed by atoms with Gasteiger partial charge in [-0.05, 0) is 18.6 Å². The molecule has 2 heteroatoms. The monoisotopic (exact) mass is 120 g/mol. The van der Waals surface area contributed by atoms with Gasteiger partial charge in [-0.25, -0.2) is 0 Å². The number of rotatable bonds is 1. The van der Waals surface area contributed by atoms with Gasteiger partial charge >= 0.3 is 0 Å². The molecule has 0 aliphatic rings. The van der Waals surface area contributed by atoms with Gasteiger partial charge < -0.3 is 0 Å². The number of allylic oxidation sites excluding steroid dienone is 1. The summed E-state index contributed by atoms with van der Waals surface area (Å²) in [4.78, 5) is 0. The van der Waals surface area contributed by atoms with Gasteiger partial charge in [0.25, 0.3) is 0 Å². The summed E-state index contributed by atoms with van der Waals surface area (Å²) in [7, 11) is 0. The molecule has 1 aromatic rings. The van der Waals surface area contributed by atoms with E-state index in [2.05, 4.69) is 10.2 Å². The SMILES string of the molecule is C/C=C/c1ccnnc1. The first-order chi connectivity index (χ1) is 4.43. The molecule has 0 aliphatic carbocycles. The maximum atomic E-state index is 3.70. The molecule has 1 aromatic heterocycles. The Bertz CT molecular complexity index is 191. The fraction of sp³-hybridized carbons (Fsp3) is 0.143. The van der Waals surface area contributed by atoms with Crippen LogP contribution in [-0.4, -0.2) is 10.2 Å². The van der Waals surface area contributed by atoms with Crippen molar-refractivity contribution in [3.63, 3.8) is 0 Å². The zero-order chi connectivity index (χ0) is 6.53. The molecule has 0 atom stereocenters. The quantitative estimate of drug-likeness (QED) is 0.561. The standard InChI is InChI=1S/C7H8N2/c1-2-3-7-4-5-8-9-6-7/h2-6H,1H3/b3-2+. The van der Waals surface area contributed by atoms with E-state index in [0.717, 1.165) is 5.56 Å². The lowest BCUT2D eigenvalue weighted by Gasteiger charge is -1.85. The highest BCUT2D eigenvalue weighted by Gasteiger charge is 1.79. The van der Waals surface area contributed by atoms with Gasteiger partial charge in [-0.3, -0.25) is 0 Å². The second-order valence-electron chi connectivity index (χ2n) is 1.68. The van der Waals surface area contributed by atoms with E-state index in [-0.39, 0.29) is 0 Å². The topological polar surface area (TPSA) is 25.8 Å². The smallest absolute Gasteiger partial charge is 0.0568 e. The van der Waals surface area contributed by atoms with E-state index in [9.17, 15) is 0 Å². The van der Waals surface area contributed by atoms with Gasteiger partial charge in [0.15, 0.2) is 0 Å². The van der Waals surface area contributed by atoms with Crippen LogP contribution in [0.2, 0.25) is 0 Å². The first kappa shape index (κ1) is 5.95. The molecule has 0 aliphatic heterocycles. The molecule has 0 aromatic carbocycles. The van der Waals surface area contributed by atoms with Crippen LogP contribution in [0, 0.1) is 0 Å². The highest BCUT2D eigenvalue weighted by atomic mass is 15.1. The van der Waals surface area contributed by atoms with Crippen LogP contribution < -0.4 is 0 Å². The van der Waals surface area contributed by atoms with Crippen molar-refractivity contribution in [1.82, 2.24) is 10.2 Å². The van der Waals surface area contributed by atoms with Gasteiger partial charge in [-0.2, -0.15) is 10.2 Å². The Morgan fingerprint density at radius 3 is 2.89 bits per heavy atom. The van der Waals surface area contributed by atoms with Gasteiger partial charge in [0.1, 0.15) is 0 Å². The molecule has 46 valence electrons. The fourth-order valence-electron chi connectivity index (χ4n) is 0.592. The zero-order valence-corrected chi connectivity index (χ0v) is 5.28. The minimum absolute atomic E-state index is 1.09. The lowest BCUT2D eigenvalue weighted by molar-refractivity contribution is 1.03. The molecule has 0 saturated carbocycles. The number of aromatic nitrogens is 2. The average Bonchev–Trinajstić information content (AvgIpc) is 1.91. The fourth-order valence-corrected chi connectivity index (χ4v) is 0.592. The predicted molar refractivity (Wildman–Crippen MR) is 36.7 cm³/mol. The highest BCUT2D eigenvalue weighted by Crippen LogP contribution is 1.95. The van der Waals surface area contributed by atoms with Crippen molar-refractivity contribution in [3.8, 4) is 0 Å². The van der Waals surface area contributed by atoms with E-state index < -0.39 is 0 Å². The maximum absolute atomic E-state index is 3.70. The van der Waals surface area contributed by atoms with Gasteiger partial charge in [0, 0.05) is 0 Å². The minimum atomic E-state index is 1.09. The predicted octanol–water partition coefficient (Wildman–Crippen LogP) is 1.51. The van der Waals surface area contributed by atoms with Crippen molar-refractivity contribution in [2.45, 2.75) is 6.92 Å². The van der Waals surface area contributed by atoms with Crippen molar-refractivity contribution in [2.24, 2.45) is 0 Å². The summed E-state index contributed by atoms with van der Waals surface area (Å²) in [5, 5.41) is 7.35. The number of nitrogens with zero attached hydrogens (tertiary/aromatic N) is 2. The molecule has 0 bridgehead atoms. The van der Waals surface area contributed by atoms with Crippen LogP contribution in [0.3, 0.4) is 0 Å². The maximum Gasteiger partial charge on any atom is 0.0568 e. The van der Waals surface area contributed by atoms with Crippen LogP contribution in [0.4, 0.5) is 0 Å². The first-order valence-electron chi connectivity index (χ1n) is 2.83. The summed E-state index contributed by atoms with van der Waals surface area (Å²) in [6.07, 6.45) is 7.35. The third-order valence-electron chi connectivity index (χ3n) is 0.966. The van der Waals surface area contributed by atoms with Crippen LogP contribution >= 0.6 is 0 Å². The Morgan fingerprint density at radius 1 is 1.44 bits per heavy atom. The molecule has 2 nitrogen and oxygen atoms in total. The van der Waals surface area contributed by atoms with Crippen molar-refractivity contribution in [3.05, 3.63) is 30.1 Å². The van der Waals surface area contributed by atoms with Crippen LogP contribution in [0.25, 0.3) is 6.08 Å². The van der Waals surface area contributed by atoms with Crippen molar-refractivity contribution in [2.75, 3.05) is 0 Å². The minimum Gasteiger partial charge on any atom is -0.159 e. The van der Waals surface area contributed by atoms with Crippen LogP contribution in [0.5, 0.6) is 0 Å². The molecule has 0 fully saturated rings. The molecule has 1 heterocycles. The molecule has 0 spiro atoms. The number of hydrogen-bond donors (Lipinski definition) is 0.